The van der Waals surface area contributed by atoms with E-state index in [1.165, 1.54) is 12.1 Å². The molecular formula is C16H13F4N3O2S. The fourth-order valence-electron chi connectivity index (χ4n) is 2.61. The Bertz CT molecular complexity index is 820. The van der Waals surface area contributed by atoms with Crippen LogP contribution < -0.4 is 5.32 Å². The molecule has 1 aliphatic rings. The van der Waals surface area contributed by atoms with Crippen molar-refractivity contribution in [3.8, 4) is 11.3 Å². The van der Waals surface area contributed by atoms with Gasteiger partial charge in [-0.25, -0.2) is 9.37 Å². The molecule has 0 radical (unpaired) electrons. The lowest BCUT2D eigenvalue weighted by Crippen LogP contribution is -2.36. The molecule has 26 heavy (non-hydrogen) atoms. The molecule has 1 unspecified atom stereocenters. The van der Waals surface area contributed by atoms with Crippen LogP contribution in [0.3, 0.4) is 0 Å². The predicted octanol–water partition coefficient (Wildman–Crippen LogP) is 3.30. The number of hydrogen-bond acceptors (Lipinski definition) is 4. The molecule has 1 aromatic heterocycles. The lowest BCUT2D eigenvalue weighted by atomic mass is 10.1. The fourth-order valence-corrected chi connectivity index (χ4v) is 3.33. The van der Waals surface area contributed by atoms with E-state index in [-0.39, 0.29) is 23.9 Å². The third-order valence-corrected chi connectivity index (χ3v) is 4.59. The molecule has 2 amide bonds. The van der Waals surface area contributed by atoms with Crippen LogP contribution in [0.4, 0.5) is 22.7 Å². The van der Waals surface area contributed by atoms with Crippen LogP contribution in [0.15, 0.2) is 29.6 Å². The summed E-state index contributed by atoms with van der Waals surface area (Å²) < 4.78 is 50.2. The van der Waals surface area contributed by atoms with Gasteiger partial charge in [0.05, 0.1) is 11.6 Å². The van der Waals surface area contributed by atoms with Crippen LogP contribution in [0.1, 0.15) is 6.42 Å². The maximum absolute atomic E-state index is 12.9. The van der Waals surface area contributed by atoms with E-state index in [4.69, 9.17) is 0 Å². The summed E-state index contributed by atoms with van der Waals surface area (Å²) in [6, 6.07) is 5.65. The highest BCUT2D eigenvalue weighted by Crippen LogP contribution is 2.27. The fraction of sp³-hybridized carbons (Fsp3) is 0.312. The number of likely N-dealkylation sites (tertiary alicyclic amines) is 1. The molecule has 10 heteroatoms. The van der Waals surface area contributed by atoms with E-state index in [1.807, 2.05) is 0 Å². The number of aromatic nitrogens is 1. The summed E-state index contributed by atoms with van der Waals surface area (Å²) >= 11 is 1.13. The van der Waals surface area contributed by atoms with Crippen molar-refractivity contribution in [3.05, 3.63) is 35.5 Å². The number of thiazole rings is 1. The molecule has 2 aromatic rings. The number of rotatable bonds is 4. The number of nitrogens with zero attached hydrogens (tertiary/aromatic N) is 2. The summed E-state index contributed by atoms with van der Waals surface area (Å²) in [6.07, 6.45) is -4.77. The van der Waals surface area contributed by atoms with Gasteiger partial charge in [0, 0.05) is 23.9 Å². The molecular weight excluding hydrogens is 374 g/mol. The number of hydrogen-bond donors (Lipinski definition) is 1. The van der Waals surface area contributed by atoms with Gasteiger partial charge in [0.2, 0.25) is 11.8 Å². The lowest BCUT2D eigenvalue weighted by Gasteiger charge is -2.18. The zero-order valence-electron chi connectivity index (χ0n) is 13.2. The Morgan fingerprint density at radius 1 is 1.31 bits per heavy atom. The Morgan fingerprint density at radius 2 is 2.00 bits per heavy atom. The van der Waals surface area contributed by atoms with Gasteiger partial charge in [-0.3, -0.25) is 9.59 Å². The van der Waals surface area contributed by atoms with Crippen molar-refractivity contribution >= 4 is 28.3 Å². The van der Waals surface area contributed by atoms with Crippen molar-refractivity contribution in [2.45, 2.75) is 12.6 Å². The molecule has 1 aliphatic heterocycles. The molecule has 1 aromatic carbocycles. The number of nitrogens with one attached hydrogen (secondary N) is 1. The summed E-state index contributed by atoms with van der Waals surface area (Å²) in [6.45, 7) is -1.64. The summed E-state index contributed by atoms with van der Waals surface area (Å²) in [5.41, 5.74) is 1.20. The average molecular weight is 387 g/mol. The van der Waals surface area contributed by atoms with Crippen molar-refractivity contribution in [1.82, 2.24) is 9.88 Å². The predicted molar refractivity (Wildman–Crippen MR) is 86.9 cm³/mol. The third kappa shape index (κ3) is 4.37. The number of alkyl halides is 3. The van der Waals surface area contributed by atoms with E-state index in [0.29, 0.717) is 16.2 Å². The van der Waals surface area contributed by atoms with Gasteiger partial charge >= 0.3 is 6.18 Å². The molecule has 0 aliphatic carbocycles. The molecule has 1 N–H and O–H groups in total. The smallest absolute Gasteiger partial charge is 0.333 e. The topological polar surface area (TPSA) is 62.3 Å². The van der Waals surface area contributed by atoms with Gasteiger partial charge in [-0.1, -0.05) is 0 Å². The van der Waals surface area contributed by atoms with Crippen molar-refractivity contribution in [3.63, 3.8) is 0 Å². The molecule has 138 valence electrons. The molecule has 2 heterocycles. The summed E-state index contributed by atoms with van der Waals surface area (Å²) in [7, 11) is 0. The Hall–Kier alpha value is -2.49. The normalized spacial score (nSPS) is 17.6. The second-order valence-corrected chi connectivity index (χ2v) is 6.68. The minimum absolute atomic E-state index is 0.260. The molecule has 0 saturated carbocycles. The molecule has 5 nitrogen and oxygen atoms in total. The van der Waals surface area contributed by atoms with Gasteiger partial charge in [0.25, 0.3) is 0 Å². The summed E-state index contributed by atoms with van der Waals surface area (Å²) in [5.74, 6) is -2.49. The Kier molecular flexibility index (Phi) is 4.94. The zero-order valence-corrected chi connectivity index (χ0v) is 14.0. The molecule has 1 saturated heterocycles. The molecule has 0 spiro atoms. The molecule has 3 rings (SSSR count). The maximum Gasteiger partial charge on any atom is 0.406 e. The maximum atomic E-state index is 12.9. The Balaban J connectivity index is 1.62. The SMILES string of the molecule is O=C(Nc1nc(-c2ccc(F)cc2)cs1)C1CC(=O)N(CC(F)(F)F)C1. The lowest BCUT2D eigenvalue weighted by molar-refractivity contribution is -0.157. The standard InChI is InChI=1S/C16H13F4N3O2S/c17-11-3-1-9(2-4-11)12-7-26-15(21-12)22-14(25)10-5-13(24)23(6-10)8-16(18,19)20/h1-4,7,10H,5-6,8H2,(H,21,22,25). The van der Waals surface area contributed by atoms with Gasteiger partial charge in [-0.2, -0.15) is 13.2 Å². The average Bonchev–Trinajstić information content (AvgIpc) is 3.14. The van der Waals surface area contributed by atoms with Crippen LogP contribution in [0.2, 0.25) is 0 Å². The van der Waals surface area contributed by atoms with Gasteiger partial charge in [-0.05, 0) is 24.3 Å². The van der Waals surface area contributed by atoms with Gasteiger partial charge in [-0.15, -0.1) is 11.3 Å². The van der Waals surface area contributed by atoms with E-state index in [2.05, 4.69) is 10.3 Å². The second kappa shape index (κ2) is 7.02. The number of carbonyl (C=O) groups is 2. The molecule has 1 atom stereocenters. The van der Waals surface area contributed by atoms with Crippen LogP contribution in [0, 0.1) is 11.7 Å². The van der Waals surface area contributed by atoms with Gasteiger partial charge in [0.1, 0.15) is 12.4 Å². The van der Waals surface area contributed by atoms with Crippen LogP contribution in [-0.2, 0) is 9.59 Å². The Labute approximate surface area is 149 Å². The van der Waals surface area contributed by atoms with E-state index >= 15 is 0 Å². The van der Waals surface area contributed by atoms with E-state index in [1.54, 1.807) is 17.5 Å². The monoisotopic (exact) mass is 387 g/mol. The zero-order chi connectivity index (χ0) is 18.9. The quantitative estimate of drug-likeness (QED) is 0.819. The van der Waals surface area contributed by atoms with Crippen molar-refractivity contribution in [2.75, 3.05) is 18.4 Å². The first-order valence-electron chi connectivity index (χ1n) is 7.58. The highest BCUT2D eigenvalue weighted by atomic mass is 32.1. The Morgan fingerprint density at radius 3 is 2.65 bits per heavy atom. The third-order valence-electron chi connectivity index (χ3n) is 3.83. The number of amides is 2. The van der Waals surface area contributed by atoms with Crippen LogP contribution in [-0.4, -0.2) is 41.0 Å². The highest BCUT2D eigenvalue weighted by molar-refractivity contribution is 7.14. The highest BCUT2D eigenvalue weighted by Gasteiger charge is 2.40. The van der Waals surface area contributed by atoms with Gasteiger partial charge < -0.3 is 10.2 Å². The molecule has 0 bridgehead atoms. The van der Waals surface area contributed by atoms with E-state index < -0.39 is 30.5 Å². The van der Waals surface area contributed by atoms with Crippen LogP contribution >= 0.6 is 11.3 Å². The van der Waals surface area contributed by atoms with Crippen LogP contribution in [0.25, 0.3) is 11.3 Å². The first kappa shape index (κ1) is 18.3. The van der Waals surface area contributed by atoms with E-state index in [9.17, 15) is 27.2 Å². The van der Waals surface area contributed by atoms with Crippen molar-refractivity contribution in [2.24, 2.45) is 5.92 Å². The largest absolute Gasteiger partial charge is 0.406 e. The van der Waals surface area contributed by atoms with Crippen molar-refractivity contribution in [1.29, 1.82) is 0 Å². The second-order valence-electron chi connectivity index (χ2n) is 5.82. The first-order valence-corrected chi connectivity index (χ1v) is 8.46. The van der Waals surface area contributed by atoms with Crippen LogP contribution in [0.5, 0.6) is 0 Å². The van der Waals surface area contributed by atoms with E-state index in [0.717, 1.165) is 11.3 Å². The number of benzene rings is 1. The minimum atomic E-state index is -4.50. The molecule has 1 fully saturated rings. The van der Waals surface area contributed by atoms with Gasteiger partial charge in [0.15, 0.2) is 5.13 Å². The number of halogens is 4. The number of anilines is 1. The first-order chi connectivity index (χ1) is 12.2. The summed E-state index contributed by atoms with van der Waals surface area (Å²) in [5, 5.41) is 4.45. The van der Waals surface area contributed by atoms with Crippen molar-refractivity contribution < 1.29 is 27.2 Å². The minimum Gasteiger partial charge on any atom is -0.333 e. The summed E-state index contributed by atoms with van der Waals surface area (Å²) in [4.78, 5) is 28.7. The number of carbonyl (C=O) groups excluding carboxylic acids is 2.